The fourth-order valence-electron chi connectivity index (χ4n) is 3.21. The van der Waals surface area contributed by atoms with E-state index in [2.05, 4.69) is 37.3 Å². The molecule has 0 atom stereocenters. The largest absolute Gasteiger partial charge is 0.493 e. The van der Waals surface area contributed by atoms with E-state index in [1.54, 1.807) is 42.5 Å². The van der Waals surface area contributed by atoms with Gasteiger partial charge in [-0.05, 0) is 70.0 Å². The van der Waals surface area contributed by atoms with Crippen LogP contribution >= 0.6 is 27.5 Å². The van der Waals surface area contributed by atoms with E-state index in [-0.39, 0.29) is 12.5 Å². The van der Waals surface area contributed by atoms with Crippen LogP contribution in [0.25, 0.3) is 22.7 Å². The highest BCUT2D eigenvalue weighted by Gasteiger charge is 2.12. The maximum absolute atomic E-state index is 12.3. The second-order valence-electron chi connectivity index (χ2n) is 7.15. The van der Waals surface area contributed by atoms with Gasteiger partial charge in [-0.3, -0.25) is 4.79 Å². The number of benzene rings is 3. The Bertz CT molecular complexity index is 1410. The van der Waals surface area contributed by atoms with E-state index in [1.165, 1.54) is 7.11 Å². The van der Waals surface area contributed by atoms with Crippen LogP contribution in [0, 0.1) is 11.3 Å². The number of hydrogen-bond donors (Lipinski definition) is 2. The van der Waals surface area contributed by atoms with Gasteiger partial charge in [0.05, 0.1) is 28.7 Å². The standard InChI is InChI=1S/C25H18BrClN4O3/c1-33-23-11-15(10-16(13-28)25-30-20-4-2-3-5-21(20)31-25)6-9-22(23)34-14-24(32)29-17-7-8-18(26)19(27)12-17/h2-12H,14H2,1H3,(H,29,32)(H,30,31). The van der Waals surface area contributed by atoms with E-state index in [1.807, 2.05) is 24.3 Å². The molecule has 3 aromatic carbocycles. The Balaban J connectivity index is 1.47. The Labute approximate surface area is 209 Å². The van der Waals surface area contributed by atoms with Crippen LogP contribution in [0.4, 0.5) is 5.69 Å². The minimum Gasteiger partial charge on any atom is -0.493 e. The van der Waals surface area contributed by atoms with Gasteiger partial charge >= 0.3 is 0 Å². The van der Waals surface area contributed by atoms with Crippen molar-refractivity contribution in [2.45, 2.75) is 0 Å². The molecule has 34 heavy (non-hydrogen) atoms. The maximum Gasteiger partial charge on any atom is 0.262 e. The van der Waals surface area contributed by atoms with Crippen LogP contribution in [0.1, 0.15) is 11.4 Å². The molecule has 2 N–H and O–H groups in total. The summed E-state index contributed by atoms with van der Waals surface area (Å²) in [7, 11) is 1.50. The monoisotopic (exact) mass is 536 g/mol. The highest BCUT2D eigenvalue weighted by Crippen LogP contribution is 2.30. The highest BCUT2D eigenvalue weighted by molar-refractivity contribution is 9.10. The lowest BCUT2D eigenvalue weighted by atomic mass is 10.1. The lowest BCUT2D eigenvalue weighted by Gasteiger charge is -2.12. The van der Waals surface area contributed by atoms with Crippen molar-refractivity contribution >= 4 is 61.8 Å². The molecular formula is C25H18BrClN4O3. The number of halogens is 2. The molecule has 0 aliphatic carbocycles. The third kappa shape index (κ3) is 5.39. The van der Waals surface area contributed by atoms with Crippen LogP contribution in [-0.2, 0) is 4.79 Å². The number of carbonyl (C=O) groups is 1. The maximum atomic E-state index is 12.3. The second-order valence-corrected chi connectivity index (χ2v) is 8.41. The third-order valence-corrected chi connectivity index (χ3v) is 6.06. The first-order valence-corrected chi connectivity index (χ1v) is 11.3. The van der Waals surface area contributed by atoms with Crippen LogP contribution < -0.4 is 14.8 Å². The second kappa shape index (κ2) is 10.4. The minimum atomic E-state index is -0.346. The Morgan fingerprint density at radius 1 is 1.21 bits per heavy atom. The van der Waals surface area contributed by atoms with Crippen molar-refractivity contribution in [3.05, 3.63) is 81.5 Å². The molecule has 0 unspecified atom stereocenters. The van der Waals surface area contributed by atoms with Gasteiger partial charge in [0.15, 0.2) is 18.1 Å². The molecule has 1 aromatic heterocycles. The van der Waals surface area contributed by atoms with Crippen LogP contribution in [0.15, 0.2) is 65.1 Å². The average molecular weight is 538 g/mol. The summed E-state index contributed by atoms with van der Waals surface area (Å²) in [5.41, 5.74) is 3.28. The molecular weight excluding hydrogens is 520 g/mol. The van der Waals surface area contributed by atoms with Crippen molar-refractivity contribution in [1.82, 2.24) is 9.97 Å². The van der Waals surface area contributed by atoms with Crippen molar-refractivity contribution in [2.24, 2.45) is 0 Å². The highest BCUT2D eigenvalue weighted by atomic mass is 79.9. The Morgan fingerprint density at radius 3 is 2.76 bits per heavy atom. The molecule has 0 aliphatic rings. The first kappa shape index (κ1) is 23.4. The number of nitrogens with one attached hydrogen (secondary N) is 2. The zero-order valence-corrected chi connectivity index (χ0v) is 20.3. The number of imidazole rings is 1. The summed E-state index contributed by atoms with van der Waals surface area (Å²) in [6, 6.07) is 20.0. The van der Waals surface area contributed by atoms with Crippen LogP contribution in [0.5, 0.6) is 11.5 Å². The third-order valence-electron chi connectivity index (χ3n) is 4.83. The normalized spacial score (nSPS) is 11.2. The van der Waals surface area contributed by atoms with Gasteiger partial charge in [0.25, 0.3) is 5.91 Å². The predicted octanol–water partition coefficient (Wildman–Crippen LogP) is 6.07. The summed E-state index contributed by atoms with van der Waals surface area (Å²) in [5.74, 6) is 0.954. The zero-order valence-electron chi connectivity index (χ0n) is 17.9. The number of aromatic nitrogens is 2. The topological polar surface area (TPSA) is 100 Å². The summed E-state index contributed by atoms with van der Waals surface area (Å²) in [5, 5.41) is 12.9. The van der Waals surface area contributed by atoms with Crippen LogP contribution in [0.3, 0.4) is 0 Å². The number of rotatable bonds is 7. The van der Waals surface area contributed by atoms with E-state index in [4.69, 9.17) is 21.1 Å². The molecule has 0 saturated carbocycles. The summed E-state index contributed by atoms with van der Waals surface area (Å²) in [6.07, 6.45) is 1.70. The smallest absolute Gasteiger partial charge is 0.262 e. The first-order valence-electron chi connectivity index (χ1n) is 10.1. The number of aromatic amines is 1. The van der Waals surface area contributed by atoms with Crippen LogP contribution in [0.2, 0.25) is 5.02 Å². The van der Waals surface area contributed by atoms with Gasteiger partial charge < -0.3 is 19.8 Å². The molecule has 0 fully saturated rings. The fourth-order valence-corrected chi connectivity index (χ4v) is 3.64. The number of fused-ring (bicyclic) bond motifs is 1. The number of allylic oxidation sites excluding steroid dienone is 1. The molecule has 0 radical (unpaired) electrons. The van der Waals surface area contributed by atoms with Gasteiger partial charge in [0, 0.05) is 10.2 Å². The number of ether oxygens (including phenoxy) is 2. The number of carbonyl (C=O) groups excluding carboxylic acids is 1. The molecule has 0 bridgehead atoms. The molecule has 7 nitrogen and oxygen atoms in total. The van der Waals surface area contributed by atoms with Crippen molar-refractivity contribution < 1.29 is 14.3 Å². The lowest BCUT2D eigenvalue weighted by molar-refractivity contribution is -0.118. The van der Waals surface area contributed by atoms with E-state index < -0.39 is 0 Å². The number of amides is 1. The number of nitriles is 1. The number of anilines is 1. The van der Waals surface area contributed by atoms with Crippen LogP contribution in [-0.4, -0.2) is 29.6 Å². The molecule has 170 valence electrons. The lowest BCUT2D eigenvalue weighted by Crippen LogP contribution is -2.20. The van der Waals surface area contributed by atoms with E-state index in [0.29, 0.717) is 33.6 Å². The summed E-state index contributed by atoms with van der Waals surface area (Å²) < 4.78 is 11.8. The molecule has 1 amide bonds. The molecule has 9 heteroatoms. The van der Waals surface area contributed by atoms with Crippen molar-refractivity contribution in [3.63, 3.8) is 0 Å². The molecule has 0 saturated heterocycles. The molecule has 1 heterocycles. The Kier molecular flexibility index (Phi) is 7.16. The number of H-pyrrole nitrogens is 1. The van der Waals surface area contributed by atoms with Gasteiger partial charge in [0.1, 0.15) is 11.9 Å². The summed E-state index contributed by atoms with van der Waals surface area (Å²) in [4.78, 5) is 19.9. The number of methoxy groups -OCH3 is 1. The zero-order chi connectivity index (χ0) is 24.1. The van der Waals surface area contributed by atoms with Gasteiger partial charge in [-0.25, -0.2) is 4.98 Å². The first-order chi connectivity index (χ1) is 16.5. The van der Waals surface area contributed by atoms with E-state index in [0.717, 1.165) is 21.1 Å². The van der Waals surface area contributed by atoms with Gasteiger partial charge in [-0.15, -0.1) is 0 Å². The van der Waals surface area contributed by atoms with Crippen molar-refractivity contribution in [3.8, 4) is 17.6 Å². The van der Waals surface area contributed by atoms with E-state index in [9.17, 15) is 10.1 Å². The Morgan fingerprint density at radius 2 is 2.03 bits per heavy atom. The molecule has 0 spiro atoms. The van der Waals surface area contributed by atoms with Gasteiger partial charge in [-0.2, -0.15) is 5.26 Å². The van der Waals surface area contributed by atoms with Crippen molar-refractivity contribution in [2.75, 3.05) is 19.0 Å². The quantitative estimate of drug-likeness (QED) is 0.279. The predicted molar refractivity (Wildman–Crippen MR) is 136 cm³/mol. The molecule has 4 aromatic rings. The fraction of sp³-hybridized carbons (Fsp3) is 0.0800. The van der Waals surface area contributed by atoms with Gasteiger partial charge in [0.2, 0.25) is 0 Å². The van der Waals surface area contributed by atoms with Gasteiger partial charge in [-0.1, -0.05) is 29.8 Å². The SMILES string of the molecule is COc1cc(C=C(C#N)c2nc3ccccc3[nH]2)ccc1OCC(=O)Nc1ccc(Br)c(Cl)c1. The molecule has 0 aliphatic heterocycles. The molecule has 4 rings (SSSR count). The number of hydrogen-bond acceptors (Lipinski definition) is 5. The number of para-hydroxylation sites is 2. The summed E-state index contributed by atoms with van der Waals surface area (Å²) in [6.45, 7) is -0.221. The minimum absolute atomic E-state index is 0.221. The van der Waals surface area contributed by atoms with Crippen molar-refractivity contribution in [1.29, 1.82) is 5.26 Å². The number of nitrogens with zero attached hydrogens (tertiary/aromatic N) is 2. The summed E-state index contributed by atoms with van der Waals surface area (Å²) >= 11 is 9.36. The average Bonchev–Trinajstić information content (AvgIpc) is 3.28. The van der Waals surface area contributed by atoms with E-state index >= 15 is 0 Å². The Hall–Kier alpha value is -3.80.